The van der Waals surface area contributed by atoms with Crippen LogP contribution in [0, 0.1) is 11.8 Å². The highest BCUT2D eigenvalue weighted by atomic mass is 16.5. The molecule has 1 N–H and O–H groups in total. The largest absolute Gasteiger partial charge is 0.383 e. The predicted octanol–water partition coefficient (Wildman–Crippen LogP) is 3.39. The van der Waals surface area contributed by atoms with Crippen LogP contribution in [0.1, 0.15) is 45.4 Å². The maximum absolute atomic E-state index is 4.99. The summed E-state index contributed by atoms with van der Waals surface area (Å²) in [5, 5.41) is 3.37. The standard InChI is InChI=1S/C15H29NO/c1-3-14-8-4-5-9-15(14)10-6-7-11-16-12-13-17-2/h6,10,14-16H,3-5,7-9,11-13H2,1-2H3. The second-order valence-electron chi connectivity index (χ2n) is 5.08. The van der Waals surface area contributed by atoms with E-state index in [0.29, 0.717) is 0 Å². The van der Waals surface area contributed by atoms with Crippen molar-refractivity contribution in [3.8, 4) is 0 Å². The Labute approximate surface area is 107 Å². The second kappa shape index (κ2) is 9.67. The van der Waals surface area contributed by atoms with Gasteiger partial charge in [-0.15, -0.1) is 0 Å². The number of hydrogen-bond donors (Lipinski definition) is 1. The van der Waals surface area contributed by atoms with Gasteiger partial charge in [0.05, 0.1) is 6.61 Å². The van der Waals surface area contributed by atoms with Crippen LogP contribution in [0.3, 0.4) is 0 Å². The lowest BCUT2D eigenvalue weighted by molar-refractivity contribution is 0.199. The topological polar surface area (TPSA) is 21.3 Å². The van der Waals surface area contributed by atoms with Crippen molar-refractivity contribution in [1.82, 2.24) is 5.32 Å². The van der Waals surface area contributed by atoms with E-state index >= 15 is 0 Å². The molecule has 100 valence electrons. The third kappa shape index (κ3) is 6.23. The van der Waals surface area contributed by atoms with Crippen LogP contribution in [-0.2, 0) is 4.74 Å². The van der Waals surface area contributed by atoms with Crippen LogP contribution >= 0.6 is 0 Å². The van der Waals surface area contributed by atoms with Crippen molar-refractivity contribution in [2.75, 3.05) is 26.8 Å². The lowest BCUT2D eigenvalue weighted by atomic mass is 9.77. The zero-order chi connectivity index (χ0) is 12.3. The van der Waals surface area contributed by atoms with E-state index in [1.807, 2.05) is 0 Å². The van der Waals surface area contributed by atoms with Crippen LogP contribution in [0.2, 0.25) is 0 Å². The quantitative estimate of drug-likeness (QED) is 0.518. The second-order valence-corrected chi connectivity index (χ2v) is 5.08. The molecule has 1 aliphatic carbocycles. The molecule has 2 atom stereocenters. The van der Waals surface area contributed by atoms with Crippen molar-refractivity contribution in [2.45, 2.75) is 45.4 Å². The van der Waals surface area contributed by atoms with E-state index in [0.717, 1.165) is 38.0 Å². The van der Waals surface area contributed by atoms with Gasteiger partial charge in [-0.1, -0.05) is 38.3 Å². The van der Waals surface area contributed by atoms with Crippen molar-refractivity contribution in [1.29, 1.82) is 0 Å². The highest BCUT2D eigenvalue weighted by Crippen LogP contribution is 2.32. The lowest BCUT2D eigenvalue weighted by Crippen LogP contribution is -2.20. The Morgan fingerprint density at radius 1 is 1.24 bits per heavy atom. The van der Waals surface area contributed by atoms with E-state index in [1.165, 1.54) is 32.1 Å². The smallest absolute Gasteiger partial charge is 0.0587 e. The summed E-state index contributed by atoms with van der Waals surface area (Å²) in [7, 11) is 1.75. The molecule has 1 fully saturated rings. The van der Waals surface area contributed by atoms with Gasteiger partial charge in [-0.3, -0.25) is 0 Å². The van der Waals surface area contributed by atoms with Crippen molar-refractivity contribution in [3.63, 3.8) is 0 Å². The van der Waals surface area contributed by atoms with Crippen LogP contribution in [0.4, 0.5) is 0 Å². The van der Waals surface area contributed by atoms with E-state index in [9.17, 15) is 0 Å². The lowest BCUT2D eigenvalue weighted by Gasteiger charge is -2.28. The van der Waals surface area contributed by atoms with Crippen molar-refractivity contribution < 1.29 is 4.74 Å². The molecule has 2 nitrogen and oxygen atoms in total. The molecule has 0 aromatic heterocycles. The summed E-state index contributed by atoms with van der Waals surface area (Å²) in [4.78, 5) is 0. The summed E-state index contributed by atoms with van der Waals surface area (Å²) in [6, 6.07) is 0. The third-order valence-electron chi connectivity index (χ3n) is 3.85. The zero-order valence-electron chi connectivity index (χ0n) is 11.6. The molecule has 0 aromatic rings. The van der Waals surface area contributed by atoms with E-state index in [-0.39, 0.29) is 0 Å². The molecule has 1 rings (SSSR count). The number of nitrogens with one attached hydrogen (secondary N) is 1. The van der Waals surface area contributed by atoms with Crippen LogP contribution in [0.5, 0.6) is 0 Å². The summed E-state index contributed by atoms with van der Waals surface area (Å²) in [6.07, 6.45) is 13.1. The van der Waals surface area contributed by atoms with Gasteiger partial charge in [-0.25, -0.2) is 0 Å². The molecule has 0 amide bonds. The highest BCUT2D eigenvalue weighted by molar-refractivity contribution is 4.93. The molecule has 1 saturated carbocycles. The van der Waals surface area contributed by atoms with Gasteiger partial charge < -0.3 is 10.1 Å². The Kier molecular flexibility index (Phi) is 8.37. The molecule has 0 aromatic carbocycles. The van der Waals surface area contributed by atoms with E-state index < -0.39 is 0 Å². The number of methoxy groups -OCH3 is 1. The molecule has 0 aliphatic heterocycles. The predicted molar refractivity (Wildman–Crippen MR) is 74.2 cm³/mol. The summed E-state index contributed by atoms with van der Waals surface area (Å²) in [5.74, 6) is 1.80. The summed E-state index contributed by atoms with van der Waals surface area (Å²) < 4.78 is 4.99. The highest BCUT2D eigenvalue weighted by Gasteiger charge is 2.20. The van der Waals surface area contributed by atoms with Crippen LogP contribution < -0.4 is 5.32 Å². The average Bonchev–Trinajstić information content (AvgIpc) is 2.38. The first-order valence-electron chi connectivity index (χ1n) is 7.24. The SMILES string of the molecule is CCC1CCCCC1C=CCCNCCOC. The third-order valence-corrected chi connectivity index (χ3v) is 3.85. The molecule has 17 heavy (non-hydrogen) atoms. The van der Waals surface area contributed by atoms with Gasteiger partial charge in [-0.2, -0.15) is 0 Å². The number of hydrogen-bond acceptors (Lipinski definition) is 2. The molecule has 0 radical (unpaired) electrons. The Hall–Kier alpha value is -0.340. The monoisotopic (exact) mass is 239 g/mol. The van der Waals surface area contributed by atoms with Gasteiger partial charge in [0.1, 0.15) is 0 Å². The molecule has 0 bridgehead atoms. The van der Waals surface area contributed by atoms with E-state index in [4.69, 9.17) is 4.74 Å². The normalized spacial score (nSPS) is 25.5. The fraction of sp³-hybridized carbons (Fsp3) is 0.867. The maximum atomic E-state index is 4.99. The fourth-order valence-corrected chi connectivity index (χ4v) is 2.75. The van der Waals surface area contributed by atoms with Crippen molar-refractivity contribution in [3.05, 3.63) is 12.2 Å². The molecule has 2 heteroatoms. The van der Waals surface area contributed by atoms with E-state index in [1.54, 1.807) is 7.11 Å². The van der Waals surface area contributed by atoms with Crippen molar-refractivity contribution >= 4 is 0 Å². The minimum absolute atomic E-state index is 0.810. The van der Waals surface area contributed by atoms with Crippen LogP contribution in [-0.4, -0.2) is 26.8 Å². The van der Waals surface area contributed by atoms with Gasteiger partial charge in [0.15, 0.2) is 0 Å². The first-order valence-corrected chi connectivity index (χ1v) is 7.24. The first kappa shape index (κ1) is 14.7. The van der Waals surface area contributed by atoms with Crippen LogP contribution in [0.25, 0.3) is 0 Å². The van der Waals surface area contributed by atoms with Gasteiger partial charge >= 0.3 is 0 Å². The molecule has 1 aliphatic rings. The molecular weight excluding hydrogens is 210 g/mol. The number of ether oxygens (including phenoxy) is 1. The Morgan fingerprint density at radius 2 is 2.06 bits per heavy atom. The number of rotatable bonds is 8. The average molecular weight is 239 g/mol. The Bertz CT molecular complexity index is 203. The van der Waals surface area contributed by atoms with E-state index in [2.05, 4.69) is 24.4 Å². The molecule has 0 spiro atoms. The summed E-state index contributed by atoms with van der Waals surface area (Å²) in [5.41, 5.74) is 0. The van der Waals surface area contributed by atoms with Gasteiger partial charge in [0, 0.05) is 13.7 Å². The minimum Gasteiger partial charge on any atom is -0.383 e. The molecule has 0 saturated heterocycles. The Balaban J connectivity index is 2.09. The van der Waals surface area contributed by atoms with Gasteiger partial charge in [-0.05, 0) is 37.6 Å². The Morgan fingerprint density at radius 3 is 2.82 bits per heavy atom. The summed E-state index contributed by atoms with van der Waals surface area (Å²) in [6.45, 7) is 5.18. The fourth-order valence-electron chi connectivity index (χ4n) is 2.75. The molecule has 2 unspecified atom stereocenters. The zero-order valence-corrected chi connectivity index (χ0v) is 11.6. The molecular formula is C15H29NO. The minimum atomic E-state index is 0.810. The van der Waals surface area contributed by atoms with Crippen molar-refractivity contribution in [2.24, 2.45) is 11.8 Å². The maximum Gasteiger partial charge on any atom is 0.0587 e. The molecule has 0 heterocycles. The number of allylic oxidation sites excluding steroid dienone is 1. The first-order chi connectivity index (χ1) is 8.38. The van der Waals surface area contributed by atoms with Gasteiger partial charge in [0.25, 0.3) is 0 Å². The van der Waals surface area contributed by atoms with Gasteiger partial charge in [0.2, 0.25) is 0 Å². The van der Waals surface area contributed by atoms with Crippen LogP contribution in [0.15, 0.2) is 12.2 Å². The summed E-state index contributed by atoms with van der Waals surface area (Å²) >= 11 is 0.